The summed E-state index contributed by atoms with van der Waals surface area (Å²) < 4.78 is 6.96. The van der Waals surface area contributed by atoms with Gasteiger partial charge in [-0.25, -0.2) is 9.78 Å². The molecule has 0 aliphatic carbocycles. The maximum Gasteiger partial charge on any atom is 0.350 e. The highest BCUT2D eigenvalue weighted by Gasteiger charge is 2.19. The van der Waals surface area contributed by atoms with Crippen LogP contribution in [0, 0.1) is 3.70 Å². The minimum atomic E-state index is -0.283. The molecule has 0 aliphatic rings. The van der Waals surface area contributed by atoms with Gasteiger partial charge in [0.2, 0.25) is 0 Å². The highest BCUT2D eigenvalue weighted by molar-refractivity contribution is 14.1. The second-order valence-electron chi connectivity index (χ2n) is 3.26. The van der Waals surface area contributed by atoms with Gasteiger partial charge in [-0.1, -0.05) is 0 Å². The number of carbonyl (C=O) groups excluding carboxylic acids is 1. The highest BCUT2D eigenvalue weighted by Crippen LogP contribution is 2.37. The molecule has 0 unspecified atom stereocenters. The first-order chi connectivity index (χ1) is 8.19. The Morgan fingerprint density at radius 3 is 3.06 bits per heavy atom. The van der Waals surface area contributed by atoms with E-state index in [0.717, 1.165) is 19.5 Å². The average Bonchev–Trinajstić information content (AvgIpc) is 2.69. The van der Waals surface area contributed by atoms with E-state index in [0.29, 0.717) is 11.5 Å². The Labute approximate surface area is 117 Å². The van der Waals surface area contributed by atoms with Crippen LogP contribution in [0.15, 0.2) is 12.3 Å². The molecule has 0 aliphatic heterocycles. The minimum absolute atomic E-state index is 0.283. The Morgan fingerprint density at radius 1 is 1.65 bits per heavy atom. The van der Waals surface area contributed by atoms with E-state index in [2.05, 4.69) is 32.9 Å². The zero-order valence-electron chi connectivity index (χ0n) is 9.41. The Morgan fingerprint density at radius 2 is 2.41 bits per heavy atom. The molecule has 0 aromatic carbocycles. The number of hydrogen-bond donors (Lipinski definition) is 1. The molecule has 0 amide bonds. The normalized spacial score (nSPS) is 10.5. The first-order valence-electron chi connectivity index (χ1n) is 5.11. The molecule has 0 fully saturated rings. The molecule has 2 aromatic rings. The Kier molecular flexibility index (Phi) is 3.82. The number of nitrogens with one attached hydrogen (secondary N) is 1. The molecule has 6 heteroatoms. The Bertz CT molecular complexity index is 568. The summed E-state index contributed by atoms with van der Waals surface area (Å²) in [4.78, 5) is 16.7. The molecule has 2 aromatic heterocycles. The fraction of sp³-hybridized carbons (Fsp3) is 0.273. The first kappa shape index (κ1) is 12.6. The molecule has 2 rings (SSSR count). The van der Waals surface area contributed by atoms with Crippen LogP contribution in [-0.4, -0.2) is 24.6 Å². The van der Waals surface area contributed by atoms with Crippen molar-refractivity contribution in [2.24, 2.45) is 0 Å². The summed E-state index contributed by atoms with van der Waals surface area (Å²) in [6.45, 7) is 2.18. The van der Waals surface area contributed by atoms with Crippen molar-refractivity contribution in [1.82, 2.24) is 4.98 Å². The van der Waals surface area contributed by atoms with Gasteiger partial charge in [-0.15, -0.1) is 11.3 Å². The average molecular weight is 362 g/mol. The number of halogens is 1. The van der Waals surface area contributed by atoms with Crippen molar-refractivity contribution in [3.8, 4) is 0 Å². The van der Waals surface area contributed by atoms with E-state index in [1.165, 1.54) is 11.3 Å². The van der Waals surface area contributed by atoms with Crippen molar-refractivity contribution in [2.75, 3.05) is 19.0 Å². The van der Waals surface area contributed by atoms with Gasteiger partial charge in [0, 0.05) is 18.6 Å². The Balaban J connectivity index is 2.63. The van der Waals surface area contributed by atoms with Crippen molar-refractivity contribution >= 4 is 55.7 Å². The molecular weight excluding hydrogens is 351 g/mol. The van der Waals surface area contributed by atoms with Crippen LogP contribution in [-0.2, 0) is 4.74 Å². The molecule has 0 saturated heterocycles. The van der Waals surface area contributed by atoms with E-state index >= 15 is 0 Å². The number of fused-ring (bicyclic) bond motifs is 1. The monoisotopic (exact) mass is 362 g/mol. The van der Waals surface area contributed by atoms with E-state index in [4.69, 9.17) is 4.74 Å². The van der Waals surface area contributed by atoms with Crippen LogP contribution >= 0.6 is 33.9 Å². The molecule has 90 valence electrons. The number of nitrogens with zero attached hydrogens (tertiary/aromatic N) is 1. The third kappa shape index (κ3) is 2.23. The third-order valence-electron chi connectivity index (χ3n) is 2.27. The van der Waals surface area contributed by atoms with E-state index in [1.54, 1.807) is 20.2 Å². The highest BCUT2D eigenvalue weighted by atomic mass is 127. The first-order valence-corrected chi connectivity index (χ1v) is 7.00. The summed E-state index contributed by atoms with van der Waals surface area (Å²) in [5.74, 6) is -0.283. The van der Waals surface area contributed by atoms with Crippen molar-refractivity contribution in [1.29, 1.82) is 0 Å². The fourth-order valence-electron chi connectivity index (χ4n) is 1.58. The van der Waals surface area contributed by atoms with Crippen LogP contribution < -0.4 is 5.32 Å². The zero-order chi connectivity index (χ0) is 12.4. The molecule has 4 nitrogen and oxygen atoms in total. The van der Waals surface area contributed by atoms with Gasteiger partial charge in [-0.3, -0.25) is 0 Å². The number of thiophene rings is 1. The molecule has 17 heavy (non-hydrogen) atoms. The van der Waals surface area contributed by atoms with Crippen molar-refractivity contribution < 1.29 is 9.53 Å². The van der Waals surface area contributed by atoms with Gasteiger partial charge < -0.3 is 10.1 Å². The van der Waals surface area contributed by atoms with Crippen LogP contribution in [0.2, 0.25) is 0 Å². The zero-order valence-corrected chi connectivity index (χ0v) is 12.4. The number of hydrogen-bond acceptors (Lipinski definition) is 5. The summed E-state index contributed by atoms with van der Waals surface area (Å²) in [6.07, 6.45) is 1.74. The molecule has 1 N–H and O–H groups in total. The number of esters is 1. The van der Waals surface area contributed by atoms with Gasteiger partial charge in [-0.2, -0.15) is 0 Å². The van der Waals surface area contributed by atoms with Gasteiger partial charge >= 0.3 is 5.97 Å². The fourth-order valence-corrected chi connectivity index (χ4v) is 3.44. The topological polar surface area (TPSA) is 51.2 Å². The number of ether oxygens (including phenoxy) is 1. The maximum atomic E-state index is 11.8. The van der Waals surface area contributed by atoms with Crippen LogP contribution in [0.1, 0.15) is 16.6 Å². The van der Waals surface area contributed by atoms with Gasteiger partial charge in [0.25, 0.3) is 0 Å². The predicted molar refractivity (Wildman–Crippen MR) is 77.8 cm³/mol. The minimum Gasteiger partial charge on any atom is -0.462 e. The number of anilines is 1. The lowest BCUT2D eigenvalue weighted by Crippen LogP contribution is -2.04. The standard InChI is InChI=1S/C11H11IN2O2S/c1-3-16-11(15)9-7(13-2)6-4-5-14-10(12)8(6)17-9/h4-5,13H,3H2,1-2H3. The molecule has 2 heterocycles. The van der Waals surface area contributed by atoms with Crippen molar-refractivity contribution in [3.05, 3.63) is 20.8 Å². The molecule has 0 spiro atoms. The van der Waals surface area contributed by atoms with Gasteiger partial charge in [0.05, 0.1) is 17.0 Å². The molecular formula is C11H11IN2O2S. The smallest absolute Gasteiger partial charge is 0.350 e. The maximum absolute atomic E-state index is 11.8. The van der Waals surface area contributed by atoms with Crippen LogP contribution in [0.5, 0.6) is 0 Å². The summed E-state index contributed by atoms with van der Waals surface area (Å²) in [5.41, 5.74) is 0.823. The number of pyridine rings is 1. The molecule has 0 atom stereocenters. The Hall–Kier alpha value is -0.890. The lowest BCUT2D eigenvalue weighted by Gasteiger charge is -2.02. The number of rotatable bonds is 3. The second-order valence-corrected chi connectivity index (χ2v) is 5.30. The second kappa shape index (κ2) is 5.18. The SMILES string of the molecule is CCOC(=O)c1sc2c(I)nccc2c1NC. The number of carbonyl (C=O) groups is 1. The van der Waals surface area contributed by atoms with E-state index in [1.807, 2.05) is 6.07 Å². The van der Waals surface area contributed by atoms with Crippen molar-refractivity contribution in [3.63, 3.8) is 0 Å². The molecule has 0 radical (unpaired) electrons. The molecule has 0 saturated carbocycles. The van der Waals surface area contributed by atoms with Crippen LogP contribution in [0.3, 0.4) is 0 Å². The summed E-state index contributed by atoms with van der Waals surface area (Å²) in [5, 5.41) is 4.08. The summed E-state index contributed by atoms with van der Waals surface area (Å²) in [7, 11) is 1.80. The van der Waals surface area contributed by atoms with E-state index in [9.17, 15) is 4.79 Å². The van der Waals surface area contributed by atoms with Gasteiger partial charge in [0.15, 0.2) is 0 Å². The lowest BCUT2D eigenvalue weighted by molar-refractivity contribution is 0.0533. The van der Waals surface area contributed by atoms with E-state index in [-0.39, 0.29) is 5.97 Å². The quantitative estimate of drug-likeness (QED) is 0.518. The largest absolute Gasteiger partial charge is 0.462 e. The number of aromatic nitrogens is 1. The van der Waals surface area contributed by atoms with Gasteiger partial charge in [-0.05, 0) is 35.6 Å². The van der Waals surface area contributed by atoms with E-state index < -0.39 is 0 Å². The van der Waals surface area contributed by atoms with Gasteiger partial charge in [0.1, 0.15) is 8.58 Å². The lowest BCUT2D eigenvalue weighted by atomic mass is 10.2. The van der Waals surface area contributed by atoms with Crippen molar-refractivity contribution in [2.45, 2.75) is 6.92 Å². The summed E-state index contributed by atoms with van der Waals surface area (Å²) >= 11 is 3.58. The van der Waals surface area contributed by atoms with Crippen LogP contribution in [0.25, 0.3) is 10.1 Å². The summed E-state index contributed by atoms with van der Waals surface area (Å²) in [6, 6.07) is 1.91. The molecule has 0 bridgehead atoms. The predicted octanol–water partition coefficient (Wildman–Crippen LogP) is 3.12. The third-order valence-corrected chi connectivity index (χ3v) is 4.65. The van der Waals surface area contributed by atoms with Crippen LogP contribution in [0.4, 0.5) is 5.69 Å².